The molecule has 4 aromatic rings. The summed E-state index contributed by atoms with van der Waals surface area (Å²) in [4.78, 5) is 50.7. The number of benzene rings is 2. The Labute approximate surface area is 262 Å². The van der Waals surface area contributed by atoms with Gasteiger partial charge in [-0.05, 0) is 30.7 Å². The van der Waals surface area contributed by atoms with Crippen LogP contribution in [0.1, 0.15) is 34.8 Å². The first-order valence-electron chi connectivity index (χ1n) is 13.9. The van der Waals surface area contributed by atoms with Crippen molar-refractivity contribution in [3.63, 3.8) is 0 Å². The summed E-state index contributed by atoms with van der Waals surface area (Å²) < 4.78 is 8.29. The third-order valence-electron chi connectivity index (χ3n) is 7.36. The molecule has 2 aliphatic heterocycles. The third kappa shape index (κ3) is 6.05. The van der Waals surface area contributed by atoms with E-state index in [0.29, 0.717) is 46.0 Å². The monoisotopic (exact) mass is 634 g/mol. The minimum atomic E-state index is -0.873. The zero-order valence-electron chi connectivity index (χ0n) is 23.6. The molecule has 4 heterocycles. The summed E-state index contributed by atoms with van der Waals surface area (Å²) in [6.45, 7) is 2.99. The van der Waals surface area contributed by atoms with Gasteiger partial charge in [-0.15, -0.1) is 5.53 Å². The zero-order valence-corrected chi connectivity index (χ0v) is 25.1. The molecule has 0 bridgehead atoms. The van der Waals surface area contributed by atoms with Crippen LogP contribution in [-0.4, -0.2) is 49.0 Å². The van der Waals surface area contributed by atoms with Crippen LogP contribution in [-0.2, 0) is 29.0 Å². The van der Waals surface area contributed by atoms with Gasteiger partial charge in [0.1, 0.15) is 17.0 Å². The number of aromatic nitrogens is 4. The summed E-state index contributed by atoms with van der Waals surface area (Å²) in [5.41, 5.74) is 8.02. The van der Waals surface area contributed by atoms with Crippen LogP contribution in [0.5, 0.6) is 0 Å². The molecule has 0 saturated carbocycles. The minimum Gasteiger partial charge on any atom is -0.461 e. The number of nitrogens with zero attached hydrogens (tertiary/aromatic N) is 6. The summed E-state index contributed by atoms with van der Waals surface area (Å²) >= 11 is 12.4. The molecule has 0 spiro atoms. The van der Waals surface area contributed by atoms with E-state index in [2.05, 4.69) is 20.9 Å². The molecule has 2 N–H and O–H groups in total. The molecule has 14 heteroatoms. The molecule has 1 amide bonds. The summed E-state index contributed by atoms with van der Waals surface area (Å²) in [5, 5.41) is 2.49. The topological polar surface area (TPSA) is 127 Å². The van der Waals surface area contributed by atoms with Crippen LogP contribution in [0, 0.1) is 0 Å². The molecule has 0 radical (unpaired) electrons. The Morgan fingerprint density at radius 2 is 1.91 bits per heavy atom. The number of carbonyl (C=O) groups excluding carboxylic acids is 2. The SMILES string of the molecule is CCOC(=O)c1cn2c(n1)CN(C(=O)[C@H](Cc1ccccc1)n1cnc(-c3cc(Cl)ccc3N3C=C(Cl)NN3)cc1=O)CC2. The van der Waals surface area contributed by atoms with Gasteiger partial charge in [-0.2, -0.15) is 0 Å². The van der Waals surface area contributed by atoms with Crippen molar-refractivity contribution in [3.05, 3.63) is 111 Å². The lowest BCUT2D eigenvalue weighted by molar-refractivity contribution is -0.136. The molecule has 12 nitrogen and oxygen atoms in total. The first-order chi connectivity index (χ1) is 21.3. The summed E-state index contributed by atoms with van der Waals surface area (Å²) in [7, 11) is 0. The number of rotatable bonds is 8. The number of hydrogen-bond donors (Lipinski definition) is 2. The number of ether oxygens (including phenoxy) is 1. The average Bonchev–Trinajstić information content (AvgIpc) is 3.66. The molecular formula is C30H28Cl2N8O4. The first-order valence-corrected chi connectivity index (χ1v) is 14.7. The minimum absolute atomic E-state index is 0.183. The lowest BCUT2D eigenvalue weighted by atomic mass is 10.0. The summed E-state index contributed by atoms with van der Waals surface area (Å²) in [5.74, 6) is -0.196. The Balaban J connectivity index is 1.32. The van der Waals surface area contributed by atoms with Crippen molar-refractivity contribution in [2.45, 2.75) is 32.5 Å². The number of anilines is 1. The zero-order chi connectivity index (χ0) is 30.8. The number of carbonyl (C=O) groups is 2. The molecule has 1 atom stereocenters. The largest absolute Gasteiger partial charge is 0.461 e. The highest BCUT2D eigenvalue weighted by Crippen LogP contribution is 2.33. The van der Waals surface area contributed by atoms with E-state index in [1.807, 2.05) is 34.9 Å². The Bertz CT molecular complexity index is 1810. The van der Waals surface area contributed by atoms with Gasteiger partial charge < -0.3 is 14.2 Å². The number of imidazole rings is 1. The van der Waals surface area contributed by atoms with Crippen LogP contribution in [0.4, 0.5) is 5.69 Å². The van der Waals surface area contributed by atoms with Gasteiger partial charge in [0.05, 0.1) is 37.1 Å². The predicted octanol–water partition coefficient (Wildman–Crippen LogP) is 3.63. The second-order valence-electron chi connectivity index (χ2n) is 10.2. The molecule has 0 fully saturated rings. The van der Waals surface area contributed by atoms with Gasteiger partial charge in [-0.1, -0.05) is 53.5 Å². The van der Waals surface area contributed by atoms with Crippen LogP contribution < -0.4 is 21.5 Å². The number of esters is 1. The van der Waals surface area contributed by atoms with Crippen molar-refractivity contribution < 1.29 is 14.3 Å². The molecule has 226 valence electrons. The van der Waals surface area contributed by atoms with Gasteiger partial charge in [0, 0.05) is 42.4 Å². The highest BCUT2D eigenvalue weighted by molar-refractivity contribution is 6.31. The van der Waals surface area contributed by atoms with Crippen molar-refractivity contribution in [1.82, 2.24) is 35.0 Å². The quantitative estimate of drug-likeness (QED) is 0.221. The molecule has 0 unspecified atom stereocenters. The fourth-order valence-corrected chi connectivity index (χ4v) is 5.54. The van der Waals surface area contributed by atoms with Crippen LogP contribution >= 0.6 is 23.2 Å². The van der Waals surface area contributed by atoms with E-state index < -0.39 is 17.6 Å². The smallest absolute Gasteiger partial charge is 0.358 e. The van der Waals surface area contributed by atoms with Crippen LogP contribution in [0.15, 0.2) is 83.3 Å². The highest BCUT2D eigenvalue weighted by atomic mass is 35.5. The molecule has 2 aromatic heterocycles. The number of hydrazine groups is 2. The fourth-order valence-electron chi connectivity index (χ4n) is 5.23. The van der Waals surface area contributed by atoms with Gasteiger partial charge in [-0.3, -0.25) is 24.6 Å². The molecular weight excluding hydrogens is 607 g/mol. The second kappa shape index (κ2) is 12.5. The van der Waals surface area contributed by atoms with E-state index in [-0.39, 0.29) is 31.2 Å². The number of fused-ring (bicyclic) bond motifs is 1. The van der Waals surface area contributed by atoms with Crippen LogP contribution in [0.2, 0.25) is 5.02 Å². The van der Waals surface area contributed by atoms with E-state index in [1.54, 1.807) is 47.4 Å². The van der Waals surface area contributed by atoms with Gasteiger partial charge in [-0.25, -0.2) is 14.8 Å². The van der Waals surface area contributed by atoms with Crippen molar-refractivity contribution in [2.24, 2.45) is 0 Å². The van der Waals surface area contributed by atoms with E-state index in [4.69, 9.17) is 27.9 Å². The second-order valence-corrected chi connectivity index (χ2v) is 11.0. The van der Waals surface area contributed by atoms with Crippen molar-refractivity contribution in [3.8, 4) is 11.3 Å². The summed E-state index contributed by atoms with van der Waals surface area (Å²) in [6.07, 6.45) is 4.96. The van der Waals surface area contributed by atoms with Gasteiger partial charge in [0.2, 0.25) is 5.91 Å². The standard InChI is InChI=1S/C30H28Cl2N8O4/c1-2-44-30(43)23-15-37-10-11-38(17-27(37)34-23)29(42)25(12-19-6-4-3-5-7-19)39-18-33-22(14-28(39)41)21-13-20(31)8-9-24(21)40-16-26(32)35-36-40/h3-9,13-16,18,25,35-36H,2,10-12,17H2,1H3/t25-/m0/s1. The van der Waals surface area contributed by atoms with Crippen molar-refractivity contribution in [2.75, 3.05) is 18.2 Å². The first kappa shape index (κ1) is 29.4. The van der Waals surface area contributed by atoms with E-state index in [9.17, 15) is 14.4 Å². The molecule has 44 heavy (non-hydrogen) atoms. The fraction of sp³-hybridized carbons (Fsp3) is 0.233. The maximum Gasteiger partial charge on any atom is 0.358 e. The Morgan fingerprint density at radius 3 is 2.64 bits per heavy atom. The number of hydrogen-bond acceptors (Lipinski definition) is 9. The molecule has 2 aliphatic rings. The predicted molar refractivity (Wildman–Crippen MR) is 164 cm³/mol. The third-order valence-corrected chi connectivity index (χ3v) is 7.79. The van der Waals surface area contributed by atoms with Gasteiger partial charge >= 0.3 is 5.97 Å². The van der Waals surface area contributed by atoms with Gasteiger partial charge in [0.15, 0.2) is 5.69 Å². The lowest BCUT2D eigenvalue weighted by Gasteiger charge is -2.31. The molecule has 0 aliphatic carbocycles. The van der Waals surface area contributed by atoms with E-state index in [1.165, 1.54) is 17.0 Å². The number of halogens is 2. The molecule has 0 saturated heterocycles. The number of amides is 1. The Kier molecular flexibility index (Phi) is 8.38. The summed E-state index contributed by atoms with van der Waals surface area (Å²) in [6, 6.07) is 15.2. The maximum absolute atomic E-state index is 14.1. The van der Waals surface area contributed by atoms with E-state index in [0.717, 1.165) is 5.56 Å². The van der Waals surface area contributed by atoms with Gasteiger partial charge in [0.25, 0.3) is 5.56 Å². The molecule has 6 rings (SSSR count). The average molecular weight is 636 g/mol. The van der Waals surface area contributed by atoms with E-state index >= 15 is 0 Å². The number of nitrogens with one attached hydrogen (secondary N) is 2. The lowest BCUT2D eigenvalue weighted by Crippen LogP contribution is -2.44. The molecule has 2 aromatic carbocycles. The normalized spacial score (nSPS) is 14.9. The Morgan fingerprint density at radius 1 is 1.09 bits per heavy atom. The van der Waals surface area contributed by atoms with Crippen LogP contribution in [0.3, 0.4) is 0 Å². The highest BCUT2D eigenvalue weighted by Gasteiger charge is 2.31. The maximum atomic E-state index is 14.1. The van der Waals surface area contributed by atoms with Crippen LogP contribution in [0.25, 0.3) is 11.3 Å². The van der Waals surface area contributed by atoms with Crippen molar-refractivity contribution in [1.29, 1.82) is 0 Å². The Hall–Kier alpha value is -4.65. The van der Waals surface area contributed by atoms with Crippen molar-refractivity contribution >= 4 is 40.8 Å².